The number of methoxy groups -OCH3 is 1. The van der Waals surface area contributed by atoms with E-state index in [-0.39, 0.29) is 11.3 Å². The highest BCUT2D eigenvalue weighted by molar-refractivity contribution is 7.22. The number of hydrogen-bond acceptors (Lipinski definition) is 6. The summed E-state index contributed by atoms with van der Waals surface area (Å²) in [4.78, 5) is 32.7. The minimum absolute atomic E-state index is 0.0177. The van der Waals surface area contributed by atoms with E-state index in [1.165, 1.54) is 16.2 Å². The summed E-state index contributed by atoms with van der Waals surface area (Å²) in [5, 5.41) is 12.1. The molecule has 2 heterocycles. The molecule has 6 nitrogen and oxygen atoms in total. The average molecular weight is 505 g/mol. The first-order valence-electron chi connectivity index (χ1n) is 11.0. The van der Waals surface area contributed by atoms with Gasteiger partial charge in [-0.3, -0.25) is 14.5 Å². The maximum atomic E-state index is 13.4. The van der Waals surface area contributed by atoms with Crippen molar-refractivity contribution in [2.24, 2.45) is 0 Å². The molecule has 4 aromatic rings. The number of benzene rings is 3. The van der Waals surface area contributed by atoms with Crippen molar-refractivity contribution in [1.82, 2.24) is 4.98 Å². The van der Waals surface area contributed by atoms with E-state index >= 15 is 0 Å². The van der Waals surface area contributed by atoms with Crippen molar-refractivity contribution in [3.8, 4) is 5.75 Å². The monoisotopic (exact) mass is 504 g/mol. The number of anilines is 1. The Kier molecular flexibility index (Phi) is 6.05. The van der Waals surface area contributed by atoms with Gasteiger partial charge in [0.2, 0.25) is 0 Å². The summed E-state index contributed by atoms with van der Waals surface area (Å²) in [6.07, 6.45) is 0.873. The predicted octanol–water partition coefficient (Wildman–Crippen LogP) is 6.15. The molecule has 0 radical (unpaired) electrons. The van der Waals surface area contributed by atoms with E-state index in [9.17, 15) is 14.7 Å². The number of hydrogen-bond donors (Lipinski definition) is 1. The number of amides is 1. The molecule has 35 heavy (non-hydrogen) atoms. The molecule has 1 N–H and O–H groups in total. The number of halogens is 1. The van der Waals surface area contributed by atoms with Crippen LogP contribution in [0.4, 0.5) is 5.13 Å². The first kappa shape index (κ1) is 23.1. The smallest absolute Gasteiger partial charge is 0.301 e. The number of thiazole rings is 1. The molecular formula is C27H21ClN2O4S. The Morgan fingerprint density at radius 2 is 1.89 bits per heavy atom. The molecule has 0 unspecified atom stereocenters. The summed E-state index contributed by atoms with van der Waals surface area (Å²) in [6.45, 7) is 2.07. The van der Waals surface area contributed by atoms with Crippen LogP contribution < -0.4 is 9.64 Å². The number of ether oxygens (including phenoxy) is 1. The van der Waals surface area contributed by atoms with Gasteiger partial charge in [0.25, 0.3) is 5.78 Å². The van der Waals surface area contributed by atoms with Gasteiger partial charge in [-0.2, -0.15) is 0 Å². The van der Waals surface area contributed by atoms with Gasteiger partial charge in [-0.15, -0.1) is 0 Å². The number of carbonyl (C=O) groups excluding carboxylic acids is 2. The van der Waals surface area contributed by atoms with Crippen LogP contribution in [-0.2, 0) is 16.0 Å². The standard InChI is InChI=1S/C27H21ClN2O4S/c1-3-15-7-12-20-21(13-15)35-27(29-20)30-23(17-5-4-6-18(28)14-17)22(25(32)26(30)33)24(31)16-8-10-19(34-2)11-9-16/h4-14,23,31H,3H2,1-2H3/b24-22+/t23-/m0/s1. The molecule has 1 amide bonds. The van der Waals surface area contributed by atoms with Crippen LogP contribution >= 0.6 is 22.9 Å². The number of nitrogens with zero attached hydrogens (tertiary/aromatic N) is 2. The minimum Gasteiger partial charge on any atom is -0.507 e. The van der Waals surface area contributed by atoms with Crippen LogP contribution in [0.15, 0.2) is 72.3 Å². The van der Waals surface area contributed by atoms with E-state index in [0.717, 1.165) is 22.2 Å². The van der Waals surface area contributed by atoms with Crippen LogP contribution in [0.5, 0.6) is 5.75 Å². The normalized spacial score (nSPS) is 17.3. The molecule has 0 spiro atoms. The first-order valence-corrected chi connectivity index (χ1v) is 12.2. The number of aromatic nitrogens is 1. The van der Waals surface area contributed by atoms with Gasteiger partial charge in [0, 0.05) is 10.6 Å². The Labute approximate surface area is 211 Å². The molecule has 3 aromatic carbocycles. The van der Waals surface area contributed by atoms with Gasteiger partial charge < -0.3 is 9.84 Å². The fraction of sp³-hybridized carbons (Fsp3) is 0.148. The molecule has 0 aliphatic carbocycles. The van der Waals surface area contributed by atoms with Crippen LogP contribution in [-0.4, -0.2) is 28.9 Å². The van der Waals surface area contributed by atoms with Crippen molar-refractivity contribution >= 4 is 55.7 Å². The summed E-state index contributed by atoms with van der Waals surface area (Å²) < 4.78 is 6.11. The number of ketones is 1. The van der Waals surface area contributed by atoms with Gasteiger partial charge >= 0.3 is 5.91 Å². The van der Waals surface area contributed by atoms with E-state index < -0.39 is 17.7 Å². The Bertz CT molecular complexity index is 1490. The highest BCUT2D eigenvalue weighted by atomic mass is 35.5. The van der Waals surface area contributed by atoms with Gasteiger partial charge in [-0.1, -0.05) is 48.1 Å². The lowest BCUT2D eigenvalue weighted by Gasteiger charge is -2.23. The minimum atomic E-state index is -0.887. The van der Waals surface area contributed by atoms with Crippen molar-refractivity contribution < 1.29 is 19.4 Å². The molecule has 0 bridgehead atoms. The van der Waals surface area contributed by atoms with Gasteiger partial charge in [0.1, 0.15) is 11.5 Å². The molecule has 1 aliphatic heterocycles. The van der Waals surface area contributed by atoms with Crippen LogP contribution in [0.2, 0.25) is 5.02 Å². The number of carbonyl (C=O) groups is 2. The van der Waals surface area contributed by atoms with E-state index in [0.29, 0.717) is 27.0 Å². The number of fused-ring (bicyclic) bond motifs is 1. The number of aryl methyl sites for hydroxylation is 1. The largest absolute Gasteiger partial charge is 0.507 e. The molecule has 0 saturated carbocycles. The van der Waals surface area contributed by atoms with Crippen molar-refractivity contribution in [2.45, 2.75) is 19.4 Å². The Hall–Kier alpha value is -3.68. The molecule has 1 aromatic heterocycles. The van der Waals surface area contributed by atoms with E-state index in [4.69, 9.17) is 16.3 Å². The number of aliphatic hydroxyl groups is 1. The van der Waals surface area contributed by atoms with Crippen LogP contribution in [0.1, 0.15) is 29.7 Å². The summed E-state index contributed by atoms with van der Waals surface area (Å²) in [7, 11) is 1.54. The topological polar surface area (TPSA) is 79.7 Å². The summed E-state index contributed by atoms with van der Waals surface area (Å²) in [5.41, 5.74) is 2.87. The van der Waals surface area contributed by atoms with Crippen molar-refractivity contribution in [1.29, 1.82) is 0 Å². The Morgan fingerprint density at radius 3 is 2.57 bits per heavy atom. The van der Waals surface area contributed by atoms with Gasteiger partial charge in [-0.05, 0) is 66.1 Å². The second-order valence-corrected chi connectivity index (χ2v) is 9.55. The molecule has 8 heteroatoms. The zero-order chi connectivity index (χ0) is 24.7. The summed E-state index contributed by atoms with van der Waals surface area (Å²) >= 11 is 7.61. The fourth-order valence-electron chi connectivity index (χ4n) is 4.21. The zero-order valence-electron chi connectivity index (χ0n) is 19.0. The summed E-state index contributed by atoms with van der Waals surface area (Å²) in [5.74, 6) is -1.20. The number of aliphatic hydroxyl groups excluding tert-OH is 1. The van der Waals surface area contributed by atoms with Crippen LogP contribution in [0.25, 0.3) is 16.0 Å². The zero-order valence-corrected chi connectivity index (χ0v) is 20.6. The fourth-order valence-corrected chi connectivity index (χ4v) is 5.46. The van der Waals surface area contributed by atoms with Crippen LogP contribution in [0, 0.1) is 0 Å². The maximum Gasteiger partial charge on any atom is 0.301 e. The molecule has 5 rings (SSSR count). The molecule has 1 atom stereocenters. The van der Waals surface area contributed by atoms with E-state index in [1.54, 1.807) is 55.6 Å². The molecule has 1 aliphatic rings. The van der Waals surface area contributed by atoms with Crippen molar-refractivity contribution in [2.75, 3.05) is 12.0 Å². The first-order chi connectivity index (χ1) is 16.9. The third-order valence-corrected chi connectivity index (χ3v) is 7.28. The third-order valence-electron chi connectivity index (χ3n) is 6.03. The second-order valence-electron chi connectivity index (χ2n) is 8.10. The van der Waals surface area contributed by atoms with E-state index in [2.05, 4.69) is 11.9 Å². The Morgan fingerprint density at radius 1 is 1.11 bits per heavy atom. The molecule has 1 saturated heterocycles. The van der Waals surface area contributed by atoms with Crippen molar-refractivity contribution in [3.63, 3.8) is 0 Å². The average Bonchev–Trinajstić information content (AvgIpc) is 3.41. The SMILES string of the molecule is CCc1ccc2nc(N3C(=O)C(=O)/C(=C(/O)c4ccc(OC)cc4)[C@@H]3c3cccc(Cl)c3)sc2c1. The lowest BCUT2D eigenvalue weighted by atomic mass is 9.95. The molecule has 176 valence electrons. The second kappa shape index (κ2) is 9.17. The van der Waals surface area contributed by atoms with Gasteiger partial charge in [-0.25, -0.2) is 4.98 Å². The number of rotatable bonds is 5. The summed E-state index contributed by atoms with van der Waals surface area (Å²) in [6, 6.07) is 18.6. The maximum absolute atomic E-state index is 13.4. The predicted molar refractivity (Wildman–Crippen MR) is 138 cm³/mol. The molecular weight excluding hydrogens is 484 g/mol. The third kappa shape index (κ3) is 4.07. The Balaban J connectivity index is 1.70. The van der Waals surface area contributed by atoms with Gasteiger partial charge in [0.15, 0.2) is 5.13 Å². The highest BCUT2D eigenvalue weighted by Gasteiger charge is 2.48. The lowest BCUT2D eigenvalue weighted by molar-refractivity contribution is -0.132. The number of Topliss-reactive ketones (excluding diaryl/α,β-unsaturated/α-hetero) is 1. The van der Waals surface area contributed by atoms with E-state index in [1.807, 2.05) is 18.2 Å². The highest BCUT2D eigenvalue weighted by Crippen LogP contribution is 2.44. The molecule has 1 fully saturated rings. The quantitative estimate of drug-likeness (QED) is 0.200. The lowest BCUT2D eigenvalue weighted by Crippen LogP contribution is -2.29. The van der Waals surface area contributed by atoms with Gasteiger partial charge in [0.05, 0.1) is 28.9 Å². The van der Waals surface area contributed by atoms with Crippen LogP contribution in [0.3, 0.4) is 0 Å². The van der Waals surface area contributed by atoms with Crippen molar-refractivity contribution in [3.05, 3.63) is 94.0 Å².